The second-order valence-electron chi connectivity index (χ2n) is 6.10. The number of aliphatic hydroxyl groups excluding tert-OH is 1. The van der Waals surface area contributed by atoms with Gasteiger partial charge in [0.05, 0.1) is 12.6 Å². The Morgan fingerprint density at radius 3 is 2.12 bits per heavy atom. The molecular formula is C12H25NO3. The molecule has 1 atom stereocenters. The zero-order chi connectivity index (χ0) is 13.0. The van der Waals surface area contributed by atoms with Gasteiger partial charge in [-0.3, -0.25) is 4.79 Å². The van der Waals surface area contributed by atoms with Crippen LogP contribution in [0.5, 0.6) is 0 Å². The highest BCUT2D eigenvalue weighted by Crippen LogP contribution is 2.18. The van der Waals surface area contributed by atoms with Gasteiger partial charge in [0, 0.05) is 6.54 Å². The largest absolute Gasteiger partial charge is 0.459 e. The maximum absolute atomic E-state index is 11.3. The molecule has 4 heteroatoms. The molecule has 0 aliphatic heterocycles. The SMILES string of the molecule is CC(C)(C)OC(=O)CNCC(O)C(C)(C)C. The molecule has 16 heavy (non-hydrogen) atoms. The second-order valence-corrected chi connectivity index (χ2v) is 6.10. The molecule has 0 rings (SSSR count). The third-order valence-corrected chi connectivity index (χ3v) is 2.03. The molecule has 0 aromatic heterocycles. The van der Waals surface area contributed by atoms with Gasteiger partial charge in [-0.15, -0.1) is 0 Å². The lowest BCUT2D eigenvalue weighted by atomic mass is 9.89. The van der Waals surface area contributed by atoms with Gasteiger partial charge in [-0.1, -0.05) is 20.8 Å². The van der Waals surface area contributed by atoms with E-state index in [0.29, 0.717) is 6.54 Å². The molecule has 0 radical (unpaired) electrons. The first-order chi connectivity index (χ1) is 7.02. The standard InChI is InChI=1S/C12H25NO3/c1-11(2,3)9(14)7-13-8-10(15)16-12(4,5)6/h9,13-14H,7-8H2,1-6H3. The van der Waals surface area contributed by atoms with Crippen molar-refractivity contribution in [1.29, 1.82) is 0 Å². The van der Waals surface area contributed by atoms with E-state index >= 15 is 0 Å². The van der Waals surface area contributed by atoms with Crippen molar-refractivity contribution in [3.05, 3.63) is 0 Å². The normalized spacial score (nSPS) is 14.7. The number of esters is 1. The maximum atomic E-state index is 11.3. The molecule has 1 unspecified atom stereocenters. The lowest BCUT2D eigenvalue weighted by Crippen LogP contribution is -2.40. The fraction of sp³-hybridized carbons (Fsp3) is 0.917. The Balaban J connectivity index is 3.79. The highest BCUT2D eigenvalue weighted by Gasteiger charge is 2.22. The van der Waals surface area contributed by atoms with Crippen molar-refractivity contribution in [3.8, 4) is 0 Å². The van der Waals surface area contributed by atoms with Crippen molar-refractivity contribution in [2.75, 3.05) is 13.1 Å². The Morgan fingerprint density at radius 1 is 1.25 bits per heavy atom. The van der Waals surface area contributed by atoms with Crippen molar-refractivity contribution >= 4 is 5.97 Å². The smallest absolute Gasteiger partial charge is 0.320 e. The van der Waals surface area contributed by atoms with Crippen molar-refractivity contribution in [2.24, 2.45) is 5.41 Å². The van der Waals surface area contributed by atoms with Gasteiger partial charge in [0.1, 0.15) is 5.60 Å². The van der Waals surface area contributed by atoms with E-state index in [1.165, 1.54) is 0 Å². The van der Waals surface area contributed by atoms with Crippen molar-refractivity contribution in [3.63, 3.8) is 0 Å². The third kappa shape index (κ3) is 7.65. The zero-order valence-corrected chi connectivity index (χ0v) is 11.3. The second kappa shape index (κ2) is 5.64. The first kappa shape index (κ1) is 15.4. The molecule has 0 aromatic carbocycles. The molecule has 2 N–H and O–H groups in total. The van der Waals surface area contributed by atoms with Crippen LogP contribution in [0, 0.1) is 5.41 Å². The van der Waals surface area contributed by atoms with E-state index < -0.39 is 11.7 Å². The first-order valence-corrected chi connectivity index (χ1v) is 5.63. The number of hydrogen-bond donors (Lipinski definition) is 2. The summed E-state index contributed by atoms with van der Waals surface area (Å²) in [5.74, 6) is -0.298. The predicted molar refractivity (Wildman–Crippen MR) is 64.2 cm³/mol. The summed E-state index contributed by atoms with van der Waals surface area (Å²) < 4.78 is 5.12. The van der Waals surface area contributed by atoms with Crippen LogP contribution < -0.4 is 5.32 Å². The minimum atomic E-state index is -0.477. The van der Waals surface area contributed by atoms with E-state index in [2.05, 4.69) is 5.32 Å². The summed E-state index contributed by atoms with van der Waals surface area (Å²) in [5, 5.41) is 12.6. The van der Waals surface area contributed by atoms with Gasteiger partial charge in [-0.2, -0.15) is 0 Å². The summed E-state index contributed by atoms with van der Waals surface area (Å²) in [6, 6.07) is 0. The maximum Gasteiger partial charge on any atom is 0.320 e. The highest BCUT2D eigenvalue weighted by atomic mass is 16.6. The molecule has 0 aliphatic rings. The zero-order valence-electron chi connectivity index (χ0n) is 11.3. The summed E-state index contributed by atoms with van der Waals surface area (Å²) in [5.41, 5.74) is -0.637. The van der Waals surface area contributed by atoms with Crippen LogP contribution in [-0.4, -0.2) is 35.9 Å². The Hall–Kier alpha value is -0.610. The average molecular weight is 231 g/mol. The van der Waals surface area contributed by atoms with Crippen LogP contribution in [-0.2, 0) is 9.53 Å². The number of rotatable bonds is 4. The molecule has 96 valence electrons. The van der Waals surface area contributed by atoms with Crippen molar-refractivity contribution < 1.29 is 14.6 Å². The topological polar surface area (TPSA) is 58.6 Å². The van der Waals surface area contributed by atoms with E-state index in [1.807, 2.05) is 41.5 Å². The van der Waals surface area contributed by atoms with Gasteiger partial charge >= 0.3 is 5.97 Å². The van der Waals surface area contributed by atoms with E-state index in [-0.39, 0.29) is 17.9 Å². The van der Waals surface area contributed by atoms with Crippen LogP contribution >= 0.6 is 0 Å². The van der Waals surface area contributed by atoms with E-state index in [9.17, 15) is 9.90 Å². The quantitative estimate of drug-likeness (QED) is 0.717. The van der Waals surface area contributed by atoms with Gasteiger partial charge < -0.3 is 15.2 Å². The van der Waals surface area contributed by atoms with Crippen LogP contribution in [0.15, 0.2) is 0 Å². The monoisotopic (exact) mass is 231 g/mol. The Morgan fingerprint density at radius 2 is 1.75 bits per heavy atom. The van der Waals surface area contributed by atoms with Gasteiger partial charge in [0.25, 0.3) is 0 Å². The molecule has 0 fully saturated rings. The predicted octanol–water partition coefficient (Wildman–Crippen LogP) is 1.32. The molecule has 0 saturated carbocycles. The van der Waals surface area contributed by atoms with Gasteiger partial charge in [-0.25, -0.2) is 0 Å². The molecule has 0 aromatic rings. The Labute approximate surface area is 98.4 Å². The Bertz CT molecular complexity index is 225. The van der Waals surface area contributed by atoms with E-state index in [4.69, 9.17) is 4.74 Å². The Kier molecular flexibility index (Phi) is 5.42. The van der Waals surface area contributed by atoms with Crippen molar-refractivity contribution in [2.45, 2.75) is 53.2 Å². The fourth-order valence-corrected chi connectivity index (χ4v) is 0.995. The first-order valence-electron chi connectivity index (χ1n) is 5.63. The summed E-state index contributed by atoms with van der Waals surface area (Å²) in [4.78, 5) is 11.3. The summed E-state index contributed by atoms with van der Waals surface area (Å²) in [7, 11) is 0. The van der Waals surface area contributed by atoms with Gasteiger partial charge in [0.2, 0.25) is 0 Å². The fourth-order valence-electron chi connectivity index (χ4n) is 0.995. The van der Waals surface area contributed by atoms with Crippen LogP contribution in [0.25, 0.3) is 0 Å². The van der Waals surface area contributed by atoms with Crippen LogP contribution in [0.1, 0.15) is 41.5 Å². The summed E-state index contributed by atoms with van der Waals surface area (Å²) >= 11 is 0. The van der Waals surface area contributed by atoms with Crippen molar-refractivity contribution in [1.82, 2.24) is 5.32 Å². The number of carbonyl (C=O) groups is 1. The van der Waals surface area contributed by atoms with Crippen LogP contribution in [0.4, 0.5) is 0 Å². The number of ether oxygens (including phenoxy) is 1. The minimum absolute atomic E-state index is 0.129. The lowest BCUT2D eigenvalue weighted by Gasteiger charge is -2.26. The van der Waals surface area contributed by atoms with Gasteiger partial charge in [-0.05, 0) is 26.2 Å². The average Bonchev–Trinajstić information content (AvgIpc) is 1.98. The number of nitrogens with one attached hydrogen (secondary N) is 1. The summed E-state index contributed by atoms with van der Waals surface area (Å²) in [6.07, 6.45) is -0.477. The number of hydrogen-bond acceptors (Lipinski definition) is 4. The number of carbonyl (C=O) groups excluding carboxylic acids is 1. The highest BCUT2D eigenvalue weighted by molar-refractivity contribution is 5.72. The van der Waals surface area contributed by atoms with E-state index in [0.717, 1.165) is 0 Å². The molecule has 0 bridgehead atoms. The van der Waals surface area contributed by atoms with E-state index in [1.54, 1.807) is 0 Å². The van der Waals surface area contributed by atoms with Crippen LogP contribution in [0.2, 0.25) is 0 Å². The molecule has 0 aliphatic carbocycles. The third-order valence-electron chi connectivity index (χ3n) is 2.03. The minimum Gasteiger partial charge on any atom is -0.459 e. The molecule has 0 saturated heterocycles. The molecule has 4 nitrogen and oxygen atoms in total. The molecular weight excluding hydrogens is 206 g/mol. The lowest BCUT2D eigenvalue weighted by molar-refractivity contribution is -0.153. The summed E-state index contributed by atoms with van der Waals surface area (Å²) in [6.45, 7) is 11.9. The molecule has 0 amide bonds. The van der Waals surface area contributed by atoms with Gasteiger partial charge in [0.15, 0.2) is 0 Å². The molecule has 0 spiro atoms. The molecule has 0 heterocycles. The van der Waals surface area contributed by atoms with Crippen LogP contribution in [0.3, 0.4) is 0 Å². The number of aliphatic hydroxyl groups is 1.